The molecule has 3 atom stereocenters. The molecular formula is C28H34N2O2. The third-order valence-electron chi connectivity index (χ3n) is 8.64. The summed E-state index contributed by atoms with van der Waals surface area (Å²) < 4.78 is 6.32. The van der Waals surface area contributed by atoms with Crippen LogP contribution in [0.5, 0.6) is 0 Å². The van der Waals surface area contributed by atoms with Gasteiger partial charge >= 0.3 is 0 Å². The van der Waals surface area contributed by atoms with Crippen molar-refractivity contribution in [1.29, 1.82) is 0 Å². The molecule has 1 spiro atoms. The van der Waals surface area contributed by atoms with Gasteiger partial charge in [-0.15, -0.1) is 0 Å². The van der Waals surface area contributed by atoms with E-state index in [4.69, 9.17) is 4.74 Å². The molecule has 2 aromatic rings. The van der Waals surface area contributed by atoms with Crippen LogP contribution in [0.3, 0.4) is 0 Å². The maximum absolute atomic E-state index is 14.1. The van der Waals surface area contributed by atoms with Gasteiger partial charge in [0.05, 0.1) is 11.5 Å². The molecule has 4 heteroatoms. The van der Waals surface area contributed by atoms with Gasteiger partial charge in [-0.05, 0) is 80.3 Å². The van der Waals surface area contributed by atoms with E-state index in [9.17, 15) is 4.79 Å². The summed E-state index contributed by atoms with van der Waals surface area (Å²) in [4.78, 5) is 18.9. The zero-order chi connectivity index (χ0) is 21.7. The predicted octanol–water partition coefficient (Wildman–Crippen LogP) is 4.82. The standard InChI is InChI=1S/C28H34N2O2/c1-29(24-13-15-28(14-8-18-32-28)19-25(24)30-16-6-7-17-30)27(31)26-22-11-4-2-9-20(22)21-10-3-5-12-23(21)26/h2-5,9-12,24-26H,6-8,13-19H2,1H3. The molecule has 0 bridgehead atoms. The Kier molecular flexibility index (Phi) is 5.11. The summed E-state index contributed by atoms with van der Waals surface area (Å²) in [5.74, 6) is 0.0603. The van der Waals surface area contributed by atoms with E-state index >= 15 is 0 Å². The molecule has 3 fully saturated rings. The number of ether oxygens (including phenoxy) is 1. The lowest BCUT2D eigenvalue weighted by Crippen LogP contribution is -2.58. The van der Waals surface area contributed by atoms with Crippen molar-refractivity contribution in [3.05, 3.63) is 59.7 Å². The van der Waals surface area contributed by atoms with Crippen LogP contribution in [0.25, 0.3) is 11.1 Å². The smallest absolute Gasteiger partial charge is 0.234 e. The Morgan fingerprint density at radius 1 is 0.969 bits per heavy atom. The number of likely N-dealkylation sites (tertiary alicyclic amines) is 1. The normalized spacial score (nSPS) is 29.9. The number of amides is 1. The van der Waals surface area contributed by atoms with Crippen LogP contribution >= 0.6 is 0 Å². The van der Waals surface area contributed by atoms with Crippen LogP contribution in [0.2, 0.25) is 0 Å². The first-order valence-corrected chi connectivity index (χ1v) is 12.5. The highest BCUT2D eigenvalue weighted by molar-refractivity contribution is 5.96. The van der Waals surface area contributed by atoms with Crippen molar-refractivity contribution in [1.82, 2.24) is 9.80 Å². The molecule has 2 aliphatic heterocycles. The fraction of sp³-hybridized carbons (Fsp3) is 0.536. The number of carbonyl (C=O) groups is 1. The zero-order valence-electron chi connectivity index (χ0n) is 19.1. The van der Waals surface area contributed by atoms with Gasteiger partial charge in [-0.25, -0.2) is 0 Å². The molecule has 2 aliphatic carbocycles. The SMILES string of the molecule is CN(C(=O)C1c2ccccc2-c2ccccc21)C1CCC2(CCCO2)CC1N1CCCC1. The van der Waals surface area contributed by atoms with E-state index in [2.05, 4.69) is 65.4 Å². The lowest BCUT2D eigenvalue weighted by atomic mass is 9.76. The molecule has 168 valence electrons. The Morgan fingerprint density at radius 3 is 2.25 bits per heavy atom. The highest BCUT2D eigenvalue weighted by Gasteiger charge is 2.48. The molecule has 0 N–H and O–H groups in total. The number of hydrogen-bond acceptors (Lipinski definition) is 3. The van der Waals surface area contributed by atoms with E-state index in [1.54, 1.807) is 0 Å². The van der Waals surface area contributed by atoms with E-state index in [1.165, 1.54) is 36.8 Å². The Morgan fingerprint density at radius 2 is 1.62 bits per heavy atom. The van der Waals surface area contributed by atoms with Gasteiger partial charge < -0.3 is 9.64 Å². The van der Waals surface area contributed by atoms with E-state index in [1.807, 2.05) is 0 Å². The van der Waals surface area contributed by atoms with Gasteiger partial charge in [-0.1, -0.05) is 48.5 Å². The van der Waals surface area contributed by atoms with Crippen molar-refractivity contribution in [3.8, 4) is 11.1 Å². The molecule has 2 heterocycles. The van der Waals surface area contributed by atoms with Crippen molar-refractivity contribution in [2.24, 2.45) is 0 Å². The number of hydrogen-bond donors (Lipinski definition) is 0. The Bertz CT molecular complexity index is 960. The van der Waals surface area contributed by atoms with Crippen LogP contribution in [0.15, 0.2) is 48.5 Å². The first-order chi connectivity index (χ1) is 15.7. The van der Waals surface area contributed by atoms with Gasteiger partial charge in [0.25, 0.3) is 0 Å². The van der Waals surface area contributed by atoms with Gasteiger partial charge in [-0.3, -0.25) is 9.69 Å². The number of nitrogens with zero attached hydrogens (tertiary/aromatic N) is 2. The summed E-state index contributed by atoms with van der Waals surface area (Å²) in [7, 11) is 2.06. The van der Waals surface area contributed by atoms with Crippen LogP contribution < -0.4 is 0 Å². The molecule has 6 rings (SSSR count). The maximum atomic E-state index is 14.1. The summed E-state index contributed by atoms with van der Waals surface area (Å²) in [6.45, 7) is 3.23. The monoisotopic (exact) mass is 430 g/mol. The van der Waals surface area contributed by atoms with Gasteiger partial charge in [0.1, 0.15) is 0 Å². The number of likely N-dealkylation sites (N-methyl/N-ethyl adjacent to an activating group) is 1. The van der Waals surface area contributed by atoms with Crippen LogP contribution in [-0.2, 0) is 9.53 Å². The number of benzene rings is 2. The largest absolute Gasteiger partial charge is 0.375 e. The minimum Gasteiger partial charge on any atom is -0.375 e. The van der Waals surface area contributed by atoms with Gasteiger partial charge in [-0.2, -0.15) is 0 Å². The minimum atomic E-state index is -0.190. The molecular weight excluding hydrogens is 396 g/mol. The second kappa shape index (κ2) is 8.00. The highest BCUT2D eigenvalue weighted by Crippen LogP contribution is 2.47. The van der Waals surface area contributed by atoms with E-state index in [-0.39, 0.29) is 23.5 Å². The van der Waals surface area contributed by atoms with Crippen molar-refractivity contribution in [3.63, 3.8) is 0 Å². The summed E-state index contributed by atoms with van der Waals surface area (Å²) in [6.07, 6.45) is 8.12. The molecule has 4 aliphatic rings. The van der Waals surface area contributed by atoms with Crippen molar-refractivity contribution in [2.75, 3.05) is 26.7 Å². The predicted molar refractivity (Wildman–Crippen MR) is 127 cm³/mol. The average Bonchev–Trinajstić information content (AvgIpc) is 3.58. The first-order valence-electron chi connectivity index (χ1n) is 12.5. The molecule has 2 saturated heterocycles. The number of rotatable bonds is 3. The lowest BCUT2D eigenvalue weighted by molar-refractivity contribution is -0.138. The maximum Gasteiger partial charge on any atom is 0.234 e. The fourth-order valence-corrected chi connectivity index (χ4v) is 7.02. The molecule has 4 nitrogen and oxygen atoms in total. The van der Waals surface area contributed by atoms with E-state index in [0.29, 0.717) is 6.04 Å². The van der Waals surface area contributed by atoms with Gasteiger partial charge in [0, 0.05) is 25.7 Å². The van der Waals surface area contributed by atoms with Crippen LogP contribution in [0.1, 0.15) is 62.0 Å². The average molecular weight is 431 g/mol. The second-order valence-corrected chi connectivity index (χ2v) is 10.3. The molecule has 0 radical (unpaired) electrons. The van der Waals surface area contributed by atoms with E-state index < -0.39 is 0 Å². The van der Waals surface area contributed by atoms with E-state index in [0.717, 1.165) is 50.1 Å². The topological polar surface area (TPSA) is 32.8 Å². The summed E-state index contributed by atoms with van der Waals surface area (Å²) in [5.41, 5.74) is 4.81. The molecule has 32 heavy (non-hydrogen) atoms. The van der Waals surface area contributed by atoms with Crippen molar-refractivity contribution in [2.45, 2.75) is 68.5 Å². The number of carbonyl (C=O) groups excluding carboxylic acids is 1. The zero-order valence-corrected chi connectivity index (χ0v) is 19.1. The van der Waals surface area contributed by atoms with Gasteiger partial charge in [0.15, 0.2) is 0 Å². The summed E-state index contributed by atoms with van der Waals surface area (Å²) in [5, 5.41) is 0. The summed E-state index contributed by atoms with van der Waals surface area (Å²) >= 11 is 0. The third kappa shape index (κ3) is 3.22. The fourth-order valence-electron chi connectivity index (χ4n) is 7.02. The van der Waals surface area contributed by atoms with Crippen molar-refractivity contribution >= 4 is 5.91 Å². The lowest BCUT2D eigenvalue weighted by Gasteiger charge is -2.49. The quantitative estimate of drug-likeness (QED) is 0.700. The van der Waals surface area contributed by atoms with Gasteiger partial charge in [0.2, 0.25) is 5.91 Å². The molecule has 2 aromatic carbocycles. The highest BCUT2D eigenvalue weighted by atomic mass is 16.5. The second-order valence-electron chi connectivity index (χ2n) is 10.3. The summed E-state index contributed by atoms with van der Waals surface area (Å²) in [6, 6.07) is 17.6. The van der Waals surface area contributed by atoms with Crippen molar-refractivity contribution < 1.29 is 9.53 Å². The van der Waals surface area contributed by atoms with Crippen LogP contribution in [-0.4, -0.2) is 60.1 Å². The number of fused-ring (bicyclic) bond motifs is 3. The Balaban J connectivity index is 1.32. The molecule has 3 unspecified atom stereocenters. The Labute approximate surface area is 191 Å². The van der Waals surface area contributed by atoms with Crippen LogP contribution in [0, 0.1) is 0 Å². The van der Waals surface area contributed by atoms with Crippen LogP contribution in [0.4, 0.5) is 0 Å². The minimum absolute atomic E-state index is 0.0558. The first kappa shape index (κ1) is 20.4. The third-order valence-corrected chi connectivity index (χ3v) is 8.64. The molecule has 1 saturated carbocycles. The molecule has 0 aromatic heterocycles. The molecule has 1 amide bonds. The Hall–Kier alpha value is -2.17.